The third-order valence-corrected chi connectivity index (χ3v) is 4.41. The van der Waals surface area contributed by atoms with E-state index >= 15 is 0 Å². The third-order valence-electron chi connectivity index (χ3n) is 4.41. The van der Waals surface area contributed by atoms with Crippen LogP contribution in [0.3, 0.4) is 0 Å². The molecule has 1 aliphatic heterocycles. The maximum absolute atomic E-state index is 12.7. The fourth-order valence-electron chi connectivity index (χ4n) is 3.01. The summed E-state index contributed by atoms with van der Waals surface area (Å²) < 4.78 is 4.99. The van der Waals surface area contributed by atoms with E-state index in [4.69, 9.17) is 4.42 Å². The Labute approximate surface area is 157 Å². The molecule has 27 heavy (non-hydrogen) atoms. The summed E-state index contributed by atoms with van der Waals surface area (Å²) in [7, 11) is 0. The molecule has 0 saturated carbocycles. The molecule has 1 saturated heterocycles. The smallest absolute Gasteiger partial charge is 0.340 e. The number of nitrogens with zero attached hydrogens (tertiary/aromatic N) is 2. The van der Waals surface area contributed by atoms with Gasteiger partial charge in [0.05, 0.1) is 12.8 Å². The topological polar surface area (TPSA) is 94.9 Å². The molecule has 0 atom stereocenters. The molecule has 3 rings (SSSR count). The van der Waals surface area contributed by atoms with Crippen LogP contribution < -0.4 is 10.6 Å². The van der Waals surface area contributed by atoms with Gasteiger partial charge in [-0.1, -0.05) is 18.2 Å². The molecule has 1 aromatic heterocycles. The van der Waals surface area contributed by atoms with Gasteiger partial charge in [-0.05, 0) is 43.5 Å². The highest BCUT2D eigenvalue weighted by Gasteiger charge is 2.31. The number of nitrogens with one attached hydrogen (secondary N) is 2. The first-order chi connectivity index (χ1) is 13.0. The molecular weight excluding hydrogens is 348 g/mol. The lowest BCUT2D eigenvalue weighted by molar-refractivity contribution is -0.138. The molecule has 1 aliphatic rings. The maximum atomic E-state index is 12.7. The van der Waals surface area contributed by atoms with E-state index in [1.54, 1.807) is 6.07 Å². The molecule has 1 fully saturated rings. The van der Waals surface area contributed by atoms with Crippen LogP contribution in [0, 0.1) is 13.8 Å². The van der Waals surface area contributed by atoms with Gasteiger partial charge >= 0.3 is 6.03 Å². The zero-order valence-electron chi connectivity index (χ0n) is 15.3. The van der Waals surface area contributed by atoms with Gasteiger partial charge < -0.3 is 15.1 Å². The summed E-state index contributed by atoms with van der Waals surface area (Å²) in [6.45, 7) is 4.48. The molecule has 0 bridgehead atoms. The number of urea groups is 1. The summed E-state index contributed by atoms with van der Waals surface area (Å²) in [5, 5.41) is 8.14. The molecule has 4 amide bonds. The molecule has 0 radical (unpaired) electrons. The Morgan fingerprint density at radius 2 is 1.74 bits per heavy atom. The Kier molecular flexibility index (Phi) is 5.44. The fourth-order valence-corrected chi connectivity index (χ4v) is 3.01. The number of anilines is 1. The van der Waals surface area contributed by atoms with E-state index in [0.29, 0.717) is 19.5 Å². The Balaban J connectivity index is 1.61. The highest BCUT2D eigenvalue weighted by atomic mass is 16.3. The van der Waals surface area contributed by atoms with E-state index in [0.717, 1.165) is 16.8 Å². The van der Waals surface area contributed by atoms with Gasteiger partial charge in [0, 0.05) is 18.8 Å². The van der Waals surface area contributed by atoms with Crippen molar-refractivity contribution in [2.75, 3.05) is 25.0 Å². The minimum absolute atomic E-state index is 0.133. The van der Waals surface area contributed by atoms with E-state index in [1.165, 1.54) is 22.3 Å². The number of aryl methyl sites for hydroxylation is 2. The first kappa shape index (κ1) is 18.5. The number of para-hydroxylation sites is 1. The average molecular weight is 370 g/mol. The maximum Gasteiger partial charge on any atom is 0.340 e. The van der Waals surface area contributed by atoms with Crippen molar-refractivity contribution in [3.63, 3.8) is 0 Å². The van der Waals surface area contributed by atoms with Crippen LogP contribution in [0.2, 0.25) is 0 Å². The van der Waals surface area contributed by atoms with E-state index < -0.39 is 5.91 Å². The second kappa shape index (κ2) is 7.94. The molecule has 2 heterocycles. The summed E-state index contributed by atoms with van der Waals surface area (Å²) in [4.78, 5) is 37.0. The fraction of sp³-hybridized carbons (Fsp3) is 0.316. The summed E-state index contributed by atoms with van der Waals surface area (Å²) in [6, 6.07) is 8.50. The van der Waals surface area contributed by atoms with Gasteiger partial charge in [0.1, 0.15) is 0 Å². The quantitative estimate of drug-likeness (QED) is 0.863. The molecule has 8 heteroatoms. The van der Waals surface area contributed by atoms with Crippen molar-refractivity contribution in [2.45, 2.75) is 20.3 Å². The van der Waals surface area contributed by atoms with E-state index in [1.807, 2.05) is 32.0 Å². The first-order valence-corrected chi connectivity index (χ1v) is 8.74. The average Bonchev–Trinajstić information content (AvgIpc) is 3.34. The molecule has 2 N–H and O–H groups in total. The molecule has 0 aliphatic carbocycles. The zero-order valence-corrected chi connectivity index (χ0v) is 15.3. The van der Waals surface area contributed by atoms with E-state index in [-0.39, 0.29) is 24.2 Å². The number of furan rings is 1. The molecule has 142 valence electrons. The normalized spacial score (nSPS) is 13.6. The monoisotopic (exact) mass is 370 g/mol. The highest BCUT2D eigenvalue weighted by molar-refractivity contribution is 5.95. The van der Waals surface area contributed by atoms with Gasteiger partial charge in [-0.15, -0.1) is 0 Å². The SMILES string of the molecule is Cc1cccc(C)c1NC(=O)N1CCCN1C(=O)CNC(=O)c1ccco1. The summed E-state index contributed by atoms with van der Waals surface area (Å²) in [5.74, 6) is -0.697. The Morgan fingerprint density at radius 1 is 1.04 bits per heavy atom. The largest absolute Gasteiger partial charge is 0.459 e. The van der Waals surface area contributed by atoms with Crippen LogP contribution >= 0.6 is 0 Å². The van der Waals surface area contributed by atoms with Crippen LogP contribution in [0.15, 0.2) is 41.0 Å². The zero-order chi connectivity index (χ0) is 19.4. The van der Waals surface area contributed by atoms with Crippen LogP contribution in [-0.4, -0.2) is 47.5 Å². The van der Waals surface area contributed by atoms with Gasteiger partial charge in [-0.2, -0.15) is 0 Å². The number of hydrogen-bond acceptors (Lipinski definition) is 4. The number of rotatable bonds is 4. The summed E-state index contributed by atoms with van der Waals surface area (Å²) in [5.41, 5.74) is 2.64. The van der Waals surface area contributed by atoms with Crippen molar-refractivity contribution < 1.29 is 18.8 Å². The lowest BCUT2D eigenvalue weighted by Gasteiger charge is -2.28. The van der Waals surface area contributed by atoms with Crippen LogP contribution in [0.4, 0.5) is 10.5 Å². The minimum atomic E-state index is -0.473. The predicted octanol–water partition coefficient (Wildman–Crippen LogP) is 2.31. The number of benzene rings is 1. The highest BCUT2D eigenvalue weighted by Crippen LogP contribution is 2.21. The van der Waals surface area contributed by atoms with E-state index in [9.17, 15) is 14.4 Å². The molecule has 0 unspecified atom stereocenters. The van der Waals surface area contributed by atoms with Gasteiger partial charge in [0.2, 0.25) is 0 Å². The minimum Gasteiger partial charge on any atom is -0.459 e. The molecule has 1 aromatic carbocycles. The third kappa shape index (κ3) is 4.11. The van der Waals surface area contributed by atoms with Crippen LogP contribution in [0.1, 0.15) is 28.1 Å². The van der Waals surface area contributed by atoms with Gasteiger partial charge in [-0.3, -0.25) is 9.59 Å². The lowest BCUT2D eigenvalue weighted by Crippen LogP contribution is -2.50. The summed E-state index contributed by atoms with van der Waals surface area (Å²) >= 11 is 0. The Bertz CT molecular complexity index is 827. The molecule has 2 aromatic rings. The van der Waals surface area contributed by atoms with Gasteiger partial charge in [0.25, 0.3) is 11.8 Å². The van der Waals surface area contributed by atoms with Crippen molar-refractivity contribution in [3.8, 4) is 0 Å². The Morgan fingerprint density at radius 3 is 2.41 bits per heavy atom. The number of carbonyl (C=O) groups excluding carboxylic acids is 3. The molecule has 0 spiro atoms. The molecular formula is C19H22N4O4. The van der Waals surface area contributed by atoms with Crippen molar-refractivity contribution in [3.05, 3.63) is 53.5 Å². The predicted molar refractivity (Wildman–Crippen MR) is 99.0 cm³/mol. The first-order valence-electron chi connectivity index (χ1n) is 8.74. The van der Waals surface area contributed by atoms with Crippen molar-refractivity contribution >= 4 is 23.5 Å². The van der Waals surface area contributed by atoms with Crippen LogP contribution in [0.25, 0.3) is 0 Å². The van der Waals surface area contributed by atoms with Crippen LogP contribution in [-0.2, 0) is 4.79 Å². The van der Waals surface area contributed by atoms with Crippen molar-refractivity contribution in [2.24, 2.45) is 0 Å². The number of hydrazine groups is 1. The second-order valence-corrected chi connectivity index (χ2v) is 6.35. The van der Waals surface area contributed by atoms with Crippen molar-refractivity contribution in [1.29, 1.82) is 0 Å². The second-order valence-electron chi connectivity index (χ2n) is 6.35. The van der Waals surface area contributed by atoms with Crippen LogP contribution in [0.5, 0.6) is 0 Å². The van der Waals surface area contributed by atoms with Gasteiger partial charge in [-0.25, -0.2) is 14.8 Å². The Hall–Kier alpha value is -3.29. The summed E-state index contributed by atoms with van der Waals surface area (Å²) in [6.07, 6.45) is 2.06. The number of carbonyl (C=O) groups is 3. The van der Waals surface area contributed by atoms with Crippen molar-refractivity contribution in [1.82, 2.24) is 15.3 Å². The van der Waals surface area contributed by atoms with E-state index in [2.05, 4.69) is 10.6 Å². The number of hydrogen-bond donors (Lipinski definition) is 2. The number of amides is 4. The standard InChI is InChI=1S/C19H22N4O4/c1-13-6-3-7-14(2)17(13)21-19(26)23-10-5-9-22(23)16(24)12-20-18(25)15-8-4-11-27-15/h3-4,6-8,11H,5,9-10,12H2,1-2H3,(H,20,25)(H,21,26). The van der Waals surface area contributed by atoms with Gasteiger partial charge in [0.15, 0.2) is 5.76 Å². The lowest BCUT2D eigenvalue weighted by atomic mass is 10.1. The molecule has 8 nitrogen and oxygen atoms in total.